The molecule has 3 aromatic carbocycles. The third kappa shape index (κ3) is 7.28. The summed E-state index contributed by atoms with van der Waals surface area (Å²) in [7, 11) is -4.14. The minimum absolute atomic E-state index is 0.00436. The highest BCUT2D eigenvalue weighted by Gasteiger charge is 2.33. The summed E-state index contributed by atoms with van der Waals surface area (Å²) in [4.78, 5) is 28.3. The van der Waals surface area contributed by atoms with Gasteiger partial charge in [0.05, 0.1) is 10.6 Å². The Morgan fingerprint density at radius 1 is 0.868 bits per heavy atom. The van der Waals surface area contributed by atoms with Crippen LogP contribution in [0.1, 0.15) is 31.4 Å². The van der Waals surface area contributed by atoms with Crippen LogP contribution in [0.3, 0.4) is 0 Å². The van der Waals surface area contributed by atoms with Crippen LogP contribution in [0.5, 0.6) is 0 Å². The number of carbonyl (C=O) groups is 2. The second-order valence-electron chi connectivity index (χ2n) is 8.77. The third-order valence-electron chi connectivity index (χ3n) is 6.01. The van der Waals surface area contributed by atoms with Crippen molar-refractivity contribution in [2.45, 2.75) is 44.7 Å². The predicted molar refractivity (Wildman–Crippen MR) is 152 cm³/mol. The fourth-order valence-electron chi connectivity index (χ4n) is 3.97. The highest BCUT2D eigenvalue weighted by molar-refractivity contribution is 7.92. The molecule has 1 N–H and O–H groups in total. The topological polar surface area (TPSA) is 86.8 Å². The number of sulfonamides is 1. The molecule has 0 radical (unpaired) electrons. The van der Waals surface area contributed by atoms with Crippen molar-refractivity contribution in [2.24, 2.45) is 0 Å². The number of halogens is 2. The summed E-state index contributed by atoms with van der Waals surface area (Å²) in [6.45, 7) is 5.50. The van der Waals surface area contributed by atoms with Crippen LogP contribution in [0.2, 0.25) is 10.0 Å². The molecule has 3 aromatic rings. The van der Waals surface area contributed by atoms with Crippen LogP contribution in [0.4, 0.5) is 5.69 Å². The first-order chi connectivity index (χ1) is 18.1. The molecule has 0 aliphatic carbocycles. The summed E-state index contributed by atoms with van der Waals surface area (Å²) in [5.74, 6) is -0.823. The van der Waals surface area contributed by atoms with Gasteiger partial charge in [-0.1, -0.05) is 60.0 Å². The number of anilines is 1. The molecule has 0 aliphatic heterocycles. The van der Waals surface area contributed by atoms with E-state index in [1.165, 1.54) is 29.2 Å². The molecule has 2 amide bonds. The summed E-state index contributed by atoms with van der Waals surface area (Å²) in [5.41, 5.74) is 2.03. The van der Waals surface area contributed by atoms with Gasteiger partial charge < -0.3 is 10.2 Å². The van der Waals surface area contributed by atoms with Crippen molar-refractivity contribution in [3.05, 3.63) is 94.0 Å². The maximum Gasteiger partial charge on any atom is 0.264 e. The molecule has 0 bridgehead atoms. The SMILES string of the molecule is CCNC(=O)[C@@H](CC)N(Cc1ccc(Cl)cc1)C(=O)CN(c1ccc(C)cc1)S(=O)(=O)c1ccc(Cl)cc1. The number of amides is 2. The van der Waals surface area contributed by atoms with E-state index in [2.05, 4.69) is 5.32 Å². The van der Waals surface area contributed by atoms with E-state index in [-0.39, 0.29) is 17.3 Å². The summed E-state index contributed by atoms with van der Waals surface area (Å²) in [5, 5.41) is 3.72. The molecule has 1 atom stereocenters. The molecule has 0 saturated carbocycles. The molecule has 0 fully saturated rings. The van der Waals surface area contributed by atoms with Crippen LogP contribution in [-0.4, -0.2) is 44.3 Å². The standard InChI is InChI=1S/C28H31Cl2N3O4S/c1-4-26(28(35)31-5-2)32(18-21-8-10-22(29)11-9-21)27(34)19-33(24-14-6-20(3)7-15-24)38(36,37)25-16-12-23(30)13-17-25/h6-17,26H,4-5,18-19H2,1-3H3,(H,31,35)/t26-/m1/s1. The minimum Gasteiger partial charge on any atom is -0.355 e. The highest BCUT2D eigenvalue weighted by atomic mass is 35.5. The van der Waals surface area contributed by atoms with E-state index in [0.717, 1.165) is 15.4 Å². The maximum atomic E-state index is 13.9. The van der Waals surface area contributed by atoms with Crippen molar-refractivity contribution in [2.75, 3.05) is 17.4 Å². The van der Waals surface area contributed by atoms with E-state index >= 15 is 0 Å². The summed E-state index contributed by atoms with van der Waals surface area (Å²) in [6.07, 6.45) is 0.347. The molecule has 0 spiro atoms. The van der Waals surface area contributed by atoms with Crippen LogP contribution in [0.15, 0.2) is 77.7 Å². The first-order valence-electron chi connectivity index (χ1n) is 12.2. The molecule has 10 heteroatoms. The van der Waals surface area contributed by atoms with E-state index in [1.54, 1.807) is 55.5 Å². The van der Waals surface area contributed by atoms with Gasteiger partial charge in [0.15, 0.2) is 0 Å². The Hall–Kier alpha value is -3.07. The molecule has 38 heavy (non-hydrogen) atoms. The number of carbonyl (C=O) groups excluding carboxylic acids is 2. The molecule has 0 aliphatic rings. The van der Waals surface area contributed by atoms with Crippen molar-refractivity contribution in [3.8, 4) is 0 Å². The van der Waals surface area contributed by atoms with E-state index in [0.29, 0.717) is 28.7 Å². The quantitative estimate of drug-likeness (QED) is 0.330. The zero-order valence-corrected chi connectivity index (χ0v) is 23.9. The molecule has 202 valence electrons. The second kappa shape index (κ2) is 13.1. The van der Waals surface area contributed by atoms with E-state index < -0.39 is 28.5 Å². The maximum absolute atomic E-state index is 13.9. The number of nitrogens with zero attached hydrogens (tertiary/aromatic N) is 2. The zero-order valence-electron chi connectivity index (χ0n) is 21.5. The smallest absolute Gasteiger partial charge is 0.264 e. The van der Waals surface area contributed by atoms with Crippen LogP contribution in [0, 0.1) is 6.92 Å². The Bertz CT molecular complexity index is 1350. The fraction of sp³-hybridized carbons (Fsp3) is 0.286. The lowest BCUT2D eigenvalue weighted by molar-refractivity contribution is -0.140. The second-order valence-corrected chi connectivity index (χ2v) is 11.5. The number of rotatable bonds is 11. The Kier molecular flexibility index (Phi) is 10.2. The van der Waals surface area contributed by atoms with Crippen molar-refractivity contribution >= 4 is 50.7 Å². The van der Waals surface area contributed by atoms with Gasteiger partial charge in [0.1, 0.15) is 12.6 Å². The summed E-state index contributed by atoms with van der Waals surface area (Å²) >= 11 is 12.0. The molecular formula is C28H31Cl2N3O4S. The van der Waals surface area contributed by atoms with Gasteiger partial charge in [0.2, 0.25) is 11.8 Å². The first kappa shape index (κ1) is 29.5. The minimum atomic E-state index is -4.14. The number of benzene rings is 3. The van der Waals surface area contributed by atoms with Gasteiger partial charge in [-0.15, -0.1) is 0 Å². The largest absolute Gasteiger partial charge is 0.355 e. The van der Waals surface area contributed by atoms with E-state index in [9.17, 15) is 18.0 Å². The van der Waals surface area contributed by atoms with Crippen LogP contribution < -0.4 is 9.62 Å². The van der Waals surface area contributed by atoms with Gasteiger partial charge >= 0.3 is 0 Å². The summed E-state index contributed by atoms with van der Waals surface area (Å²) < 4.78 is 28.6. The van der Waals surface area contributed by atoms with Crippen molar-refractivity contribution in [3.63, 3.8) is 0 Å². The fourth-order valence-corrected chi connectivity index (χ4v) is 5.64. The molecular weight excluding hydrogens is 545 g/mol. The third-order valence-corrected chi connectivity index (χ3v) is 8.30. The van der Waals surface area contributed by atoms with E-state index in [1.807, 2.05) is 13.8 Å². The number of hydrogen-bond acceptors (Lipinski definition) is 4. The van der Waals surface area contributed by atoms with Crippen molar-refractivity contribution < 1.29 is 18.0 Å². The van der Waals surface area contributed by atoms with Crippen LogP contribution >= 0.6 is 23.2 Å². The average Bonchev–Trinajstić information content (AvgIpc) is 2.89. The summed E-state index contributed by atoms with van der Waals surface area (Å²) in [6, 6.07) is 18.8. The van der Waals surface area contributed by atoms with Gasteiger partial charge in [-0.25, -0.2) is 8.42 Å². The zero-order chi connectivity index (χ0) is 27.9. The van der Waals surface area contributed by atoms with Gasteiger partial charge in [-0.05, 0) is 74.4 Å². The number of nitrogens with one attached hydrogen (secondary N) is 1. The number of aryl methyl sites for hydroxylation is 1. The highest BCUT2D eigenvalue weighted by Crippen LogP contribution is 2.26. The molecule has 0 unspecified atom stereocenters. The average molecular weight is 577 g/mol. The number of hydrogen-bond donors (Lipinski definition) is 1. The lowest BCUT2D eigenvalue weighted by Gasteiger charge is -2.33. The predicted octanol–water partition coefficient (Wildman–Crippen LogP) is 5.44. The Morgan fingerprint density at radius 3 is 1.95 bits per heavy atom. The molecule has 0 saturated heterocycles. The molecule has 7 nitrogen and oxygen atoms in total. The molecule has 0 aromatic heterocycles. The molecule has 0 heterocycles. The van der Waals surface area contributed by atoms with Crippen LogP contribution in [-0.2, 0) is 26.2 Å². The van der Waals surface area contributed by atoms with Crippen molar-refractivity contribution in [1.29, 1.82) is 0 Å². The van der Waals surface area contributed by atoms with E-state index in [4.69, 9.17) is 23.2 Å². The monoisotopic (exact) mass is 575 g/mol. The van der Waals surface area contributed by atoms with Gasteiger partial charge in [0.25, 0.3) is 10.0 Å². The van der Waals surface area contributed by atoms with Crippen LogP contribution in [0.25, 0.3) is 0 Å². The number of likely N-dealkylation sites (N-methyl/N-ethyl adjacent to an activating group) is 1. The lowest BCUT2D eigenvalue weighted by Crippen LogP contribution is -2.52. The Labute approximate surface area is 234 Å². The molecule has 3 rings (SSSR count). The normalized spacial score (nSPS) is 12.0. The Morgan fingerprint density at radius 2 is 1.42 bits per heavy atom. The Balaban J connectivity index is 2.04. The van der Waals surface area contributed by atoms with Gasteiger partial charge in [0, 0.05) is 23.1 Å². The lowest BCUT2D eigenvalue weighted by atomic mass is 10.1. The van der Waals surface area contributed by atoms with Gasteiger partial charge in [-0.2, -0.15) is 0 Å². The first-order valence-corrected chi connectivity index (χ1v) is 14.4. The van der Waals surface area contributed by atoms with Gasteiger partial charge in [-0.3, -0.25) is 13.9 Å². The van der Waals surface area contributed by atoms with Crippen molar-refractivity contribution in [1.82, 2.24) is 10.2 Å².